The molecule has 0 saturated carbocycles. The molecular formula is C29H34ClN5O5S. The molecule has 3 amide bonds. The zero-order valence-electron chi connectivity index (χ0n) is 23.8. The molecule has 2 heterocycles. The fraction of sp³-hybridized carbons (Fsp3) is 0.345. The number of carbonyl (C=O) groups is 3. The van der Waals surface area contributed by atoms with Crippen LogP contribution in [-0.2, 0) is 4.74 Å². The summed E-state index contributed by atoms with van der Waals surface area (Å²) < 4.78 is 11.4. The standard InChI is InChI=1S/C29H34ClN5O5S/c1-28(2,3)40-27(38)33-16-29(4,5)17-39-22-14-19(41-6)10-11-20(22)25(36)34-21-8-7-13-31-24(21)26(37)35-23-12-9-18(30)15-32-23/h7-15H,16-17H2,1-6H3,(H,33,38)(H,34,36)(H,32,35,37). The van der Waals surface area contributed by atoms with E-state index in [9.17, 15) is 14.4 Å². The maximum atomic E-state index is 13.4. The van der Waals surface area contributed by atoms with E-state index < -0.39 is 28.9 Å². The Hall–Kier alpha value is -3.83. The number of carbonyl (C=O) groups excluding carboxylic acids is 3. The minimum absolute atomic E-state index is 0.00940. The van der Waals surface area contributed by atoms with E-state index in [1.54, 1.807) is 57.2 Å². The summed E-state index contributed by atoms with van der Waals surface area (Å²) in [6, 6.07) is 11.6. The van der Waals surface area contributed by atoms with Crippen LogP contribution in [-0.4, -0.2) is 52.9 Å². The highest BCUT2D eigenvalue weighted by molar-refractivity contribution is 7.98. The molecule has 0 fully saturated rings. The summed E-state index contributed by atoms with van der Waals surface area (Å²) in [6.45, 7) is 9.74. The van der Waals surface area contributed by atoms with Crippen molar-refractivity contribution in [1.82, 2.24) is 15.3 Å². The first-order chi connectivity index (χ1) is 19.3. The SMILES string of the molecule is CSc1ccc(C(=O)Nc2cccnc2C(=O)Nc2ccc(Cl)cn2)c(OCC(C)(C)CNC(=O)OC(C)(C)C)c1. The van der Waals surface area contributed by atoms with Crippen molar-refractivity contribution in [1.29, 1.82) is 0 Å². The number of halogens is 1. The van der Waals surface area contributed by atoms with Crippen LogP contribution in [0.15, 0.2) is 59.8 Å². The molecule has 0 aliphatic heterocycles. The van der Waals surface area contributed by atoms with Crippen molar-refractivity contribution in [3.63, 3.8) is 0 Å². The number of rotatable bonds is 10. The summed E-state index contributed by atoms with van der Waals surface area (Å²) in [6.07, 6.45) is 4.27. The first kappa shape index (κ1) is 31.7. The molecule has 1 aromatic carbocycles. The first-order valence-corrected chi connectivity index (χ1v) is 14.3. The molecule has 3 aromatic rings. The van der Waals surface area contributed by atoms with E-state index in [-0.39, 0.29) is 29.4 Å². The third-order valence-electron chi connectivity index (χ3n) is 5.40. The van der Waals surface area contributed by atoms with Gasteiger partial charge in [-0.3, -0.25) is 9.59 Å². The zero-order valence-corrected chi connectivity index (χ0v) is 25.4. The first-order valence-electron chi connectivity index (χ1n) is 12.7. The van der Waals surface area contributed by atoms with Crippen LogP contribution in [0.2, 0.25) is 5.02 Å². The second kappa shape index (κ2) is 13.7. The number of alkyl carbamates (subject to hydrolysis) is 1. The molecule has 3 N–H and O–H groups in total. The van der Waals surface area contributed by atoms with Gasteiger partial charge in [0, 0.05) is 29.2 Å². The number of pyridine rings is 2. The van der Waals surface area contributed by atoms with Crippen molar-refractivity contribution in [2.75, 3.05) is 30.0 Å². The summed E-state index contributed by atoms with van der Waals surface area (Å²) in [4.78, 5) is 47.6. The molecule has 41 heavy (non-hydrogen) atoms. The molecule has 0 aliphatic rings. The topological polar surface area (TPSA) is 132 Å². The Morgan fingerprint density at radius 2 is 1.73 bits per heavy atom. The van der Waals surface area contributed by atoms with Gasteiger partial charge in [0.2, 0.25) is 0 Å². The van der Waals surface area contributed by atoms with Gasteiger partial charge in [0.15, 0.2) is 5.69 Å². The second-order valence-corrected chi connectivity index (χ2v) is 12.2. The van der Waals surface area contributed by atoms with Crippen molar-refractivity contribution >= 4 is 52.8 Å². The Balaban J connectivity index is 1.74. The van der Waals surface area contributed by atoms with E-state index in [1.807, 2.05) is 26.2 Å². The van der Waals surface area contributed by atoms with Crippen LogP contribution >= 0.6 is 23.4 Å². The number of hydrogen-bond acceptors (Lipinski definition) is 8. The molecule has 0 saturated heterocycles. The van der Waals surface area contributed by atoms with Crippen LogP contribution in [0.3, 0.4) is 0 Å². The van der Waals surface area contributed by atoms with Crippen LogP contribution in [0.25, 0.3) is 0 Å². The monoisotopic (exact) mass is 599 g/mol. The van der Waals surface area contributed by atoms with Crippen molar-refractivity contribution in [3.05, 3.63) is 71.1 Å². The number of benzene rings is 1. The van der Waals surface area contributed by atoms with Crippen LogP contribution in [0.5, 0.6) is 5.75 Å². The minimum atomic E-state index is -0.604. The van der Waals surface area contributed by atoms with Gasteiger partial charge < -0.3 is 25.4 Å². The molecule has 2 aromatic heterocycles. The van der Waals surface area contributed by atoms with Gasteiger partial charge in [0.25, 0.3) is 11.8 Å². The maximum absolute atomic E-state index is 13.4. The average Bonchev–Trinajstić information content (AvgIpc) is 2.91. The minimum Gasteiger partial charge on any atom is -0.492 e. The number of anilines is 2. The summed E-state index contributed by atoms with van der Waals surface area (Å²) >= 11 is 7.37. The molecule has 3 rings (SSSR count). The lowest BCUT2D eigenvalue weighted by Gasteiger charge is -2.27. The van der Waals surface area contributed by atoms with E-state index in [0.717, 1.165) is 4.90 Å². The highest BCUT2D eigenvalue weighted by Crippen LogP contribution is 2.29. The van der Waals surface area contributed by atoms with Crippen LogP contribution in [0, 0.1) is 5.41 Å². The summed E-state index contributed by atoms with van der Waals surface area (Å²) in [5.74, 6) is -0.387. The Bertz CT molecular complexity index is 1390. The van der Waals surface area contributed by atoms with Crippen molar-refractivity contribution in [2.45, 2.75) is 45.1 Å². The van der Waals surface area contributed by atoms with E-state index in [4.69, 9.17) is 21.1 Å². The molecule has 0 spiro atoms. The lowest BCUT2D eigenvalue weighted by Crippen LogP contribution is -2.40. The Morgan fingerprint density at radius 3 is 2.39 bits per heavy atom. The van der Waals surface area contributed by atoms with E-state index in [2.05, 4.69) is 25.9 Å². The highest BCUT2D eigenvalue weighted by Gasteiger charge is 2.25. The largest absolute Gasteiger partial charge is 0.492 e. The fourth-order valence-electron chi connectivity index (χ4n) is 3.39. The number of aromatic nitrogens is 2. The number of thioether (sulfide) groups is 1. The molecule has 12 heteroatoms. The van der Waals surface area contributed by atoms with Gasteiger partial charge in [-0.15, -0.1) is 11.8 Å². The second-order valence-electron chi connectivity index (χ2n) is 10.8. The van der Waals surface area contributed by atoms with Crippen molar-refractivity contribution in [3.8, 4) is 5.75 Å². The Morgan fingerprint density at radius 1 is 0.976 bits per heavy atom. The number of amides is 3. The van der Waals surface area contributed by atoms with E-state index >= 15 is 0 Å². The van der Waals surface area contributed by atoms with Crippen LogP contribution in [0.4, 0.5) is 16.3 Å². The molecule has 0 atom stereocenters. The maximum Gasteiger partial charge on any atom is 0.407 e. The summed E-state index contributed by atoms with van der Waals surface area (Å²) in [5, 5.41) is 8.62. The van der Waals surface area contributed by atoms with Crippen LogP contribution in [0.1, 0.15) is 55.5 Å². The molecule has 0 bridgehead atoms. The predicted octanol–water partition coefficient (Wildman–Crippen LogP) is 6.29. The van der Waals surface area contributed by atoms with E-state index in [0.29, 0.717) is 17.3 Å². The third-order valence-corrected chi connectivity index (χ3v) is 6.35. The number of nitrogens with one attached hydrogen (secondary N) is 3. The lowest BCUT2D eigenvalue weighted by atomic mass is 9.95. The summed E-state index contributed by atoms with van der Waals surface area (Å²) in [5.41, 5.74) is -0.592. The smallest absolute Gasteiger partial charge is 0.407 e. The van der Waals surface area contributed by atoms with Crippen molar-refractivity contribution in [2.24, 2.45) is 5.41 Å². The predicted molar refractivity (Wildman–Crippen MR) is 161 cm³/mol. The molecule has 10 nitrogen and oxygen atoms in total. The number of ether oxygens (including phenoxy) is 2. The normalized spacial score (nSPS) is 11.4. The van der Waals surface area contributed by atoms with Gasteiger partial charge in [0.05, 0.1) is 22.9 Å². The number of nitrogens with zero attached hydrogens (tertiary/aromatic N) is 2. The quantitative estimate of drug-likeness (QED) is 0.232. The summed E-state index contributed by atoms with van der Waals surface area (Å²) in [7, 11) is 0. The zero-order chi connectivity index (χ0) is 30.2. The van der Waals surface area contributed by atoms with Crippen LogP contribution < -0.4 is 20.7 Å². The fourth-order valence-corrected chi connectivity index (χ4v) is 3.93. The lowest BCUT2D eigenvalue weighted by molar-refractivity contribution is 0.0492. The number of hydrogen-bond donors (Lipinski definition) is 3. The van der Waals surface area contributed by atoms with Gasteiger partial charge in [-0.1, -0.05) is 25.4 Å². The molecule has 0 unspecified atom stereocenters. The molecule has 0 radical (unpaired) electrons. The van der Waals surface area contributed by atoms with E-state index in [1.165, 1.54) is 24.2 Å². The van der Waals surface area contributed by atoms with Gasteiger partial charge >= 0.3 is 6.09 Å². The molecular weight excluding hydrogens is 566 g/mol. The van der Waals surface area contributed by atoms with Gasteiger partial charge in [0.1, 0.15) is 17.2 Å². The molecule has 0 aliphatic carbocycles. The van der Waals surface area contributed by atoms with Crippen molar-refractivity contribution < 1.29 is 23.9 Å². The van der Waals surface area contributed by atoms with Gasteiger partial charge in [-0.05, 0) is 69.5 Å². The van der Waals surface area contributed by atoms with Gasteiger partial charge in [-0.2, -0.15) is 0 Å². The highest BCUT2D eigenvalue weighted by atomic mass is 35.5. The third kappa shape index (κ3) is 9.94. The average molecular weight is 600 g/mol. The Kier molecular flexibility index (Phi) is 10.6. The van der Waals surface area contributed by atoms with Gasteiger partial charge in [-0.25, -0.2) is 14.8 Å². The Labute approximate surface area is 249 Å². The molecule has 218 valence electrons.